The Kier molecular flexibility index (Phi) is 4.10. The van der Waals surface area contributed by atoms with Crippen molar-refractivity contribution in [2.75, 3.05) is 7.11 Å². The molecule has 0 aromatic rings. The van der Waals surface area contributed by atoms with Gasteiger partial charge in [0.15, 0.2) is 0 Å². The largest absolute Gasteiger partial charge is 0.469 e. The first-order chi connectivity index (χ1) is 6.13. The molecule has 0 aliphatic carbocycles. The van der Waals surface area contributed by atoms with Gasteiger partial charge in [0, 0.05) is 16.9 Å². The van der Waals surface area contributed by atoms with Crippen LogP contribution in [0.2, 0.25) is 0 Å². The highest BCUT2D eigenvalue weighted by atomic mass is 32.2. The van der Waals surface area contributed by atoms with Gasteiger partial charge in [-0.2, -0.15) is 11.8 Å². The number of hydrogen-bond acceptors (Lipinski definition) is 3. The van der Waals surface area contributed by atoms with Crippen LogP contribution in [0.3, 0.4) is 0 Å². The number of rotatable bonds is 3. The Balaban J connectivity index is 2.20. The van der Waals surface area contributed by atoms with Gasteiger partial charge in [-0.05, 0) is 18.8 Å². The standard InChI is InChI=1S/C10H18O2S/c1-7-6-9(13-8(7)2)4-5-10(11)12-3/h7-9H,4-6H2,1-3H3. The minimum atomic E-state index is -0.0761. The first-order valence-corrected chi connectivity index (χ1v) is 5.80. The van der Waals surface area contributed by atoms with Crippen LogP contribution in [0.4, 0.5) is 0 Å². The van der Waals surface area contributed by atoms with E-state index in [4.69, 9.17) is 0 Å². The lowest BCUT2D eigenvalue weighted by atomic mass is 10.0. The monoisotopic (exact) mass is 202 g/mol. The highest BCUT2D eigenvalue weighted by molar-refractivity contribution is 8.00. The quantitative estimate of drug-likeness (QED) is 0.658. The summed E-state index contributed by atoms with van der Waals surface area (Å²) in [5, 5.41) is 1.42. The van der Waals surface area contributed by atoms with Gasteiger partial charge in [0.25, 0.3) is 0 Å². The van der Waals surface area contributed by atoms with E-state index in [-0.39, 0.29) is 5.97 Å². The summed E-state index contributed by atoms with van der Waals surface area (Å²) in [4.78, 5) is 10.9. The predicted octanol–water partition coefficient (Wildman–Crippen LogP) is 2.47. The van der Waals surface area contributed by atoms with Gasteiger partial charge in [-0.1, -0.05) is 13.8 Å². The molecule has 3 heteroatoms. The Morgan fingerprint density at radius 1 is 1.54 bits per heavy atom. The molecule has 1 rings (SSSR count). The summed E-state index contributed by atoms with van der Waals surface area (Å²) in [5.41, 5.74) is 0. The van der Waals surface area contributed by atoms with Crippen molar-refractivity contribution in [3.8, 4) is 0 Å². The number of ether oxygens (including phenoxy) is 1. The Hall–Kier alpha value is -0.180. The number of methoxy groups -OCH3 is 1. The molecule has 3 atom stereocenters. The molecule has 0 saturated carbocycles. The van der Waals surface area contributed by atoms with E-state index in [2.05, 4.69) is 18.6 Å². The lowest BCUT2D eigenvalue weighted by Crippen LogP contribution is -2.06. The molecular weight excluding hydrogens is 184 g/mol. The average Bonchev–Trinajstić information content (AvgIpc) is 2.42. The molecule has 0 aromatic carbocycles. The van der Waals surface area contributed by atoms with Gasteiger partial charge in [0.2, 0.25) is 0 Å². The lowest BCUT2D eigenvalue weighted by molar-refractivity contribution is -0.140. The number of carbonyl (C=O) groups excluding carboxylic acids is 1. The Labute approximate surface area is 84.4 Å². The SMILES string of the molecule is COC(=O)CCC1CC(C)C(C)S1. The van der Waals surface area contributed by atoms with Crippen molar-refractivity contribution < 1.29 is 9.53 Å². The summed E-state index contributed by atoms with van der Waals surface area (Å²) < 4.78 is 4.62. The van der Waals surface area contributed by atoms with Crippen LogP contribution in [0, 0.1) is 5.92 Å². The van der Waals surface area contributed by atoms with Crippen molar-refractivity contribution >= 4 is 17.7 Å². The topological polar surface area (TPSA) is 26.3 Å². The van der Waals surface area contributed by atoms with E-state index in [1.165, 1.54) is 13.5 Å². The van der Waals surface area contributed by atoms with Crippen molar-refractivity contribution in [2.24, 2.45) is 5.92 Å². The fraction of sp³-hybridized carbons (Fsp3) is 0.900. The van der Waals surface area contributed by atoms with Crippen molar-refractivity contribution in [3.63, 3.8) is 0 Å². The lowest BCUT2D eigenvalue weighted by Gasteiger charge is -2.06. The van der Waals surface area contributed by atoms with Gasteiger partial charge in [0.05, 0.1) is 7.11 Å². The van der Waals surface area contributed by atoms with Gasteiger partial charge in [0.1, 0.15) is 0 Å². The molecule has 3 unspecified atom stereocenters. The maximum absolute atomic E-state index is 10.9. The molecule has 1 heterocycles. The Bertz CT molecular complexity index is 172. The molecular formula is C10H18O2S. The van der Waals surface area contributed by atoms with Crippen LogP contribution in [-0.4, -0.2) is 23.6 Å². The molecule has 0 bridgehead atoms. The molecule has 76 valence electrons. The van der Waals surface area contributed by atoms with E-state index in [9.17, 15) is 4.79 Å². The summed E-state index contributed by atoms with van der Waals surface area (Å²) in [6.07, 6.45) is 2.81. The van der Waals surface area contributed by atoms with Gasteiger partial charge in [-0.15, -0.1) is 0 Å². The number of thioether (sulfide) groups is 1. The Morgan fingerprint density at radius 3 is 2.69 bits per heavy atom. The normalized spacial score (nSPS) is 33.3. The van der Waals surface area contributed by atoms with E-state index in [1.54, 1.807) is 0 Å². The van der Waals surface area contributed by atoms with Crippen molar-refractivity contribution in [1.29, 1.82) is 0 Å². The first-order valence-electron chi connectivity index (χ1n) is 4.85. The second kappa shape index (κ2) is 4.89. The molecule has 0 radical (unpaired) electrons. The average molecular weight is 202 g/mol. The van der Waals surface area contributed by atoms with Crippen molar-refractivity contribution in [2.45, 2.75) is 43.6 Å². The zero-order chi connectivity index (χ0) is 9.84. The Morgan fingerprint density at radius 2 is 2.23 bits per heavy atom. The highest BCUT2D eigenvalue weighted by Crippen LogP contribution is 2.39. The zero-order valence-corrected chi connectivity index (χ0v) is 9.39. The maximum atomic E-state index is 10.9. The molecule has 1 fully saturated rings. The zero-order valence-electron chi connectivity index (χ0n) is 8.58. The van der Waals surface area contributed by atoms with Crippen LogP contribution in [-0.2, 0) is 9.53 Å². The van der Waals surface area contributed by atoms with Gasteiger partial charge in [-0.25, -0.2) is 0 Å². The van der Waals surface area contributed by atoms with Crippen LogP contribution < -0.4 is 0 Å². The third kappa shape index (κ3) is 3.22. The summed E-state index contributed by atoms with van der Waals surface area (Å²) in [6, 6.07) is 0. The number of hydrogen-bond donors (Lipinski definition) is 0. The molecule has 13 heavy (non-hydrogen) atoms. The van der Waals surface area contributed by atoms with Gasteiger partial charge < -0.3 is 4.74 Å². The molecule has 2 nitrogen and oxygen atoms in total. The molecule has 0 spiro atoms. The summed E-state index contributed by atoms with van der Waals surface area (Å²) in [6.45, 7) is 4.56. The fourth-order valence-corrected chi connectivity index (χ4v) is 3.32. The van der Waals surface area contributed by atoms with Crippen LogP contribution in [0.5, 0.6) is 0 Å². The van der Waals surface area contributed by atoms with Crippen LogP contribution >= 0.6 is 11.8 Å². The molecule has 1 aliphatic rings. The second-order valence-corrected chi connectivity index (χ2v) is 5.47. The fourth-order valence-electron chi connectivity index (χ4n) is 1.67. The minimum absolute atomic E-state index is 0.0761. The van der Waals surface area contributed by atoms with Crippen LogP contribution in [0.25, 0.3) is 0 Å². The maximum Gasteiger partial charge on any atom is 0.305 e. The molecule has 1 saturated heterocycles. The second-order valence-electron chi connectivity index (χ2n) is 3.79. The number of esters is 1. The molecule has 0 aromatic heterocycles. The molecule has 1 aliphatic heterocycles. The minimum Gasteiger partial charge on any atom is -0.469 e. The summed E-state index contributed by atoms with van der Waals surface area (Å²) >= 11 is 2.02. The van der Waals surface area contributed by atoms with Gasteiger partial charge >= 0.3 is 5.97 Å². The molecule has 0 amide bonds. The number of carbonyl (C=O) groups is 1. The van der Waals surface area contributed by atoms with E-state index in [1.807, 2.05) is 11.8 Å². The predicted molar refractivity (Wildman–Crippen MR) is 55.9 cm³/mol. The highest BCUT2D eigenvalue weighted by Gasteiger charge is 2.28. The first kappa shape index (κ1) is 10.9. The smallest absolute Gasteiger partial charge is 0.305 e. The third-order valence-corrected chi connectivity index (χ3v) is 4.45. The summed E-state index contributed by atoms with van der Waals surface area (Å²) in [5.74, 6) is 0.723. The van der Waals surface area contributed by atoms with E-state index in [0.717, 1.165) is 17.6 Å². The van der Waals surface area contributed by atoms with E-state index in [0.29, 0.717) is 11.7 Å². The van der Waals surface area contributed by atoms with E-state index >= 15 is 0 Å². The summed E-state index contributed by atoms with van der Waals surface area (Å²) in [7, 11) is 1.45. The molecule has 0 N–H and O–H groups in total. The van der Waals surface area contributed by atoms with Crippen LogP contribution in [0.1, 0.15) is 33.1 Å². The van der Waals surface area contributed by atoms with Crippen molar-refractivity contribution in [3.05, 3.63) is 0 Å². The van der Waals surface area contributed by atoms with E-state index < -0.39 is 0 Å². The van der Waals surface area contributed by atoms with Crippen molar-refractivity contribution in [1.82, 2.24) is 0 Å². The van der Waals surface area contributed by atoms with Crippen LogP contribution in [0.15, 0.2) is 0 Å². The third-order valence-electron chi connectivity index (χ3n) is 2.74. The van der Waals surface area contributed by atoms with Gasteiger partial charge in [-0.3, -0.25) is 4.79 Å².